The molecule has 2 aromatic rings. The summed E-state index contributed by atoms with van der Waals surface area (Å²) in [4.78, 5) is 31.6. The van der Waals surface area contributed by atoms with Crippen molar-refractivity contribution in [1.29, 1.82) is 0 Å². The summed E-state index contributed by atoms with van der Waals surface area (Å²) in [7, 11) is -3.20. The maximum Gasteiger partial charge on any atom is 0.433 e. The number of alkyl halides is 3. The highest BCUT2D eigenvalue weighted by molar-refractivity contribution is 7.90. The first kappa shape index (κ1) is 31.3. The molecule has 1 amide bonds. The van der Waals surface area contributed by atoms with Crippen LogP contribution >= 0.6 is 23.2 Å². The van der Waals surface area contributed by atoms with Gasteiger partial charge in [-0.1, -0.05) is 44.0 Å². The minimum Gasteiger partial charge on any atom is -0.330 e. The number of nitrogens with zero attached hydrogens (tertiary/aromatic N) is 4. The number of rotatable bonds is 8. The summed E-state index contributed by atoms with van der Waals surface area (Å²) >= 11 is 12.2. The highest BCUT2D eigenvalue weighted by atomic mass is 35.5. The van der Waals surface area contributed by atoms with E-state index in [4.69, 9.17) is 23.2 Å². The highest BCUT2D eigenvalue weighted by Gasteiger charge is 2.43. The third kappa shape index (κ3) is 8.17. The lowest BCUT2D eigenvalue weighted by Crippen LogP contribution is -2.42. The van der Waals surface area contributed by atoms with E-state index in [1.807, 2.05) is 0 Å². The molecule has 0 unspecified atom stereocenters. The summed E-state index contributed by atoms with van der Waals surface area (Å²) in [6.45, 7) is 4.77. The van der Waals surface area contributed by atoms with Crippen LogP contribution in [0.25, 0.3) is 0 Å². The van der Waals surface area contributed by atoms with Gasteiger partial charge in [0.1, 0.15) is 9.84 Å². The highest BCUT2D eigenvalue weighted by Crippen LogP contribution is 2.39. The molecule has 0 N–H and O–H groups in total. The number of hydrogen-bond donors (Lipinski definition) is 0. The minimum absolute atomic E-state index is 0.0179. The number of sulfone groups is 1. The first-order valence-electron chi connectivity index (χ1n) is 12.3. The molecule has 0 bridgehead atoms. The van der Waals surface area contributed by atoms with Crippen LogP contribution < -0.4 is 0 Å². The number of ketones is 1. The molecule has 0 spiro atoms. The van der Waals surface area contributed by atoms with Crippen molar-refractivity contribution in [3.05, 3.63) is 45.5 Å². The molecule has 0 radical (unpaired) electrons. The Kier molecular flexibility index (Phi) is 9.44. The second kappa shape index (κ2) is 11.7. The maximum atomic E-state index is 14.4. The van der Waals surface area contributed by atoms with Crippen molar-refractivity contribution in [1.82, 2.24) is 19.7 Å². The largest absolute Gasteiger partial charge is 0.433 e. The van der Waals surface area contributed by atoms with Crippen LogP contribution in [0.4, 0.5) is 13.2 Å². The minimum atomic E-state index is -4.90. The Bertz CT molecular complexity index is 1310. The van der Waals surface area contributed by atoms with Gasteiger partial charge in [0.2, 0.25) is 0 Å². The van der Waals surface area contributed by atoms with E-state index < -0.39 is 57.0 Å². The molecule has 1 saturated carbocycles. The van der Waals surface area contributed by atoms with E-state index in [1.165, 1.54) is 12.4 Å². The van der Waals surface area contributed by atoms with Gasteiger partial charge in [-0.2, -0.15) is 18.3 Å². The Morgan fingerprint density at radius 2 is 1.62 bits per heavy atom. The van der Waals surface area contributed by atoms with Crippen molar-refractivity contribution in [2.45, 2.75) is 58.7 Å². The van der Waals surface area contributed by atoms with Crippen LogP contribution in [0.3, 0.4) is 0 Å². The zero-order valence-corrected chi connectivity index (χ0v) is 24.4. The summed E-state index contributed by atoms with van der Waals surface area (Å²) in [5, 5.41) is 3.89. The van der Waals surface area contributed by atoms with Crippen LogP contribution in [0.5, 0.6) is 0 Å². The summed E-state index contributed by atoms with van der Waals surface area (Å²) in [6, 6.07) is -0.647. The third-order valence-corrected chi connectivity index (χ3v) is 8.06. The molecule has 3 rings (SSSR count). The van der Waals surface area contributed by atoms with Gasteiger partial charge in [0.25, 0.3) is 5.91 Å². The smallest absolute Gasteiger partial charge is 0.330 e. The normalized spacial score (nSPS) is 18.7. The lowest BCUT2D eigenvalue weighted by molar-refractivity contribution is -0.145. The van der Waals surface area contributed by atoms with Crippen molar-refractivity contribution in [3.8, 4) is 0 Å². The van der Waals surface area contributed by atoms with Crippen molar-refractivity contribution < 1.29 is 31.2 Å². The predicted molar refractivity (Wildman–Crippen MR) is 142 cm³/mol. The quantitative estimate of drug-likeness (QED) is 0.353. The van der Waals surface area contributed by atoms with Gasteiger partial charge in [0, 0.05) is 25.2 Å². The Morgan fingerprint density at radius 1 is 1.05 bits per heavy atom. The van der Waals surface area contributed by atoms with Crippen LogP contribution in [0.2, 0.25) is 10.0 Å². The molecule has 0 aromatic carbocycles. The Labute approximate surface area is 235 Å². The molecule has 0 aliphatic heterocycles. The van der Waals surface area contributed by atoms with Gasteiger partial charge in [0.05, 0.1) is 45.7 Å². The third-order valence-electron chi connectivity index (χ3n) is 6.41. The number of amides is 1. The van der Waals surface area contributed by atoms with Gasteiger partial charge in [0.15, 0.2) is 11.5 Å². The van der Waals surface area contributed by atoms with Crippen LogP contribution in [0.1, 0.15) is 78.9 Å². The Balaban J connectivity index is 1.94. The van der Waals surface area contributed by atoms with E-state index in [0.29, 0.717) is 25.7 Å². The van der Waals surface area contributed by atoms with Crippen molar-refractivity contribution >= 4 is 44.7 Å². The summed E-state index contributed by atoms with van der Waals surface area (Å²) in [6.07, 6.45) is 0.994. The molecule has 0 atom stereocenters. The summed E-state index contributed by atoms with van der Waals surface area (Å²) < 4.78 is 67.2. The number of Topliss-reactive ketones (excluding diaryl/α,β-unsaturated/α-hetero) is 1. The average molecular weight is 612 g/mol. The number of pyridine rings is 1. The fraction of sp³-hybridized carbons (Fsp3) is 0.600. The fourth-order valence-electron chi connectivity index (χ4n) is 4.93. The summed E-state index contributed by atoms with van der Waals surface area (Å²) in [5.41, 5.74) is -2.48. The van der Waals surface area contributed by atoms with Crippen LogP contribution in [0, 0.1) is 11.3 Å². The van der Waals surface area contributed by atoms with Crippen LogP contribution in [0.15, 0.2) is 18.6 Å². The molecular weight excluding hydrogens is 580 g/mol. The molecule has 14 heteroatoms. The summed E-state index contributed by atoms with van der Waals surface area (Å²) in [5.74, 6) is -1.79. The van der Waals surface area contributed by atoms with Gasteiger partial charge in [-0.15, -0.1) is 0 Å². The van der Waals surface area contributed by atoms with Gasteiger partial charge >= 0.3 is 6.18 Å². The molecule has 1 aliphatic rings. The van der Waals surface area contributed by atoms with E-state index in [1.54, 1.807) is 20.8 Å². The monoisotopic (exact) mass is 610 g/mol. The molecule has 0 saturated heterocycles. The molecule has 39 heavy (non-hydrogen) atoms. The number of carbonyl (C=O) groups is 2. The molecule has 2 aromatic heterocycles. The Hall–Kier alpha value is -2.18. The fourth-order valence-corrected chi connectivity index (χ4v) is 6.70. The zero-order valence-electron chi connectivity index (χ0n) is 22.1. The molecule has 1 aliphatic carbocycles. The van der Waals surface area contributed by atoms with E-state index >= 15 is 0 Å². The maximum absolute atomic E-state index is 14.4. The topological polar surface area (TPSA) is 102 Å². The molecule has 1 fully saturated rings. The molecule has 8 nitrogen and oxygen atoms in total. The van der Waals surface area contributed by atoms with Gasteiger partial charge in [-0.3, -0.25) is 19.3 Å². The van der Waals surface area contributed by atoms with Crippen LogP contribution in [-0.2, 0) is 16.0 Å². The van der Waals surface area contributed by atoms with Crippen molar-refractivity contribution in [2.75, 3.05) is 25.1 Å². The van der Waals surface area contributed by atoms with Crippen molar-refractivity contribution in [2.24, 2.45) is 11.3 Å². The second-order valence-corrected chi connectivity index (χ2v) is 14.2. The number of hydrogen-bond acceptors (Lipinski definition) is 6. The SMILES string of the molecule is CC(C)(C)CN(CC(=O)c1c(Cl)cncc1Cl)C(=O)c1cnn([C@H]2CC[C@@H](CS(C)(=O)=O)CC2)c1C(F)(F)F. The molecule has 2 heterocycles. The van der Waals surface area contributed by atoms with E-state index in [9.17, 15) is 31.2 Å². The van der Waals surface area contributed by atoms with Crippen molar-refractivity contribution in [3.63, 3.8) is 0 Å². The zero-order chi connectivity index (χ0) is 29.3. The van der Waals surface area contributed by atoms with E-state index in [2.05, 4.69) is 10.1 Å². The Morgan fingerprint density at radius 3 is 2.10 bits per heavy atom. The lowest BCUT2D eigenvalue weighted by Gasteiger charge is -2.31. The van der Waals surface area contributed by atoms with E-state index in [0.717, 1.165) is 22.0 Å². The number of carbonyl (C=O) groups excluding carboxylic acids is 2. The number of halogens is 5. The first-order valence-corrected chi connectivity index (χ1v) is 15.1. The number of aromatic nitrogens is 3. The molecular formula is C25H31Cl2F3N4O4S. The predicted octanol–water partition coefficient (Wildman–Crippen LogP) is 5.75. The second-order valence-electron chi connectivity index (χ2n) is 11.2. The standard InChI is InChI=1S/C25H31Cl2F3N4O4S/c1-24(2,3)14-33(12-20(35)21-18(26)10-31-11-19(21)27)23(36)17-9-32-34(22(17)25(28,29)30)16-7-5-15(6-8-16)13-39(4,37)38/h9-11,15-16H,5-8,12-14H2,1-4H3/t15-,16+. The van der Waals surface area contributed by atoms with Gasteiger partial charge in [-0.25, -0.2) is 8.42 Å². The van der Waals surface area contributed by atoms with Gasteiger partial charge in [-0.05, 0) is 37.0 Å². The average Bonchev–Trinajstić information content (AvgIpc) is 3.22. The van der Waals surface area contributed by atoms with Gasteiger partial charge < -0.3 is 4.90 Å². The molecule has 216 valence electrons. The van der Waals surface area contributed by atoms with Crippen LogP contribution in [-0.4, -0.2) is 64.9 Å². The lowest BCUT2D eigenvalue weighted by atomic mass is 9.87. The first-order chi connectivity index (χ1) is 17.9. The van der Waals surface area contributed by atoms with E-state index in [-0.39, 0.29) is 33.8 Å².